The van der Waals surface area contributed by atoms with E-state index in [-0.39, 0.29) is 11.6 Å². The summed E-state index contributed by atoms with van der Waals surface area (Å²) < 4.78 is 0. The van der Waals surface area contributed by atoms with Crippen LogP contribution >= 0.6 is 0 Å². The quantitative estimate of drug-likeness (QED) is 0.782. The molecule has 1 rings (SSSR count). The first-order valence-electron chi connectivity index (χ1n) is 8.51. The molecule has 0 heterocycles. The molecule has 0 saturated carbocycles. The van der Waals surface area contributed by atoms with Crippen LogP contribution in [0.25, 0.3) is 0 Å². The minimum Gasteiger partial charge on any atom is -0.326 e. The van der Waals surface area contributed by atoms with Gasteiger partial charge in [0.25, 0.3) is 0 Å². The Bertz CT molecular complexity index is 431. The number of nitrogens with two attached hydrogens (primary N) is 1. The number of rotatable bonds is 8. The van der Waals surface area contributed by atoms with Crippen molar-refractivity contribution in [1.29, 1.82) is 0 Å². The average Bonchev–Trinajstić information content (AvgIpc) is 2.48. The van der Waals surface area contributed by atoms with Crippen LogP contribution in [0.4, 0.5) is 0 Å². The molecule has 2 N–H and O–H groups in total. The molecule has 0 fully saturated rings. The second-order valence-corrected chi connectivity index (χ2v) is 6.22. The Morgan fingerprint density at radius 3 is 2.10 bits per heavy atom. The zero-order valence-electron chi connectivity index (χ0n) is 14.9. The van der Waals surface area contributed by atoms with Gasteiger partial charge in [-0.15, -0.1) is 0 Å². The van der Waals surface area contributed by atoms with Crippen molar-refractivity contribution in [2.24, 2.45) is 5.73 Å². The van der Waals surface area contributed by atoms with Crippen LogP contribution in [0.1, 0.15) is 57.2 Å². The van der Waals surface area contributed by atoms with Crippen molar-refractivity contribution in [2.75, 3.05) is 13.1 Å². The molecule has 0 spiro atoms. The summed E-state index contributed by atoms with van der Waals surface area (Å²) in [6.07, 6.45) is 3.18. The number of hydrogen-bond acceptors (Lipinski definition) is 2. The Kier molecular flexibility index (Phi) is 6.89. The third-order valence-electron chi connectivity index (χ3n) is 5.25. The maximum absolute atomic E-state index is 6.74. The van der Waals surface area contributed by atoms with Crippen LogP contribution in [-0.2, 0) is 6.42 Å². The highest BCUT2D eigenvalue weighted by Crippen LogP contribution is 2.29. The predicted octanol–water partition coefficient (Wildman–Crippen LogP) is 4.07. The summed E-state index contributed by atoms with van der Waals surface area (Å²) in [5.41, 5.74) is 10.9. The molecule has 2 nitrogen and oxygen atoms in total. The molecule has 0 amide bonds. The normalized spacial score (nSPS) is 13.7. The van der Waals surface area contributed by atoms with Crippen LogP contribution in [0.5, 0.6) is 0 Å². The molecule has 21 heavy (non-hydrogen) atoms. The third kappa shape index (κ3) is 3.87. The van der Waals surface area contributed by atoms with Crippen molar-refractivity contribution in [3.8, 4) is 0 Å². The summed E-state index contributed by atoms with van der Waals surface area (Å²) in [6, 6.07) is 6.87. The maximum Gasteiger partial charge on any atom is 0.0358 e. The van der Waals surface area contributed by atoms with Gasteiger partial charge in [-0.2, -0.15) is 0 Å². The lowest BCUT2D eigenvalue weighted by Gasteiger charge is -2.47. The highest BCUT2D eigenvalue weighted by Gasteiger charge is 2.37. The number of hydrogen-bond donors (Lipinski definition) is 1. The first kappa shape index (κ1) is 18.2. The van der Waals surface area contributed by atoms with Crippen molar-refractivity contribution in [1.82, 2.24) is 4.90 Å². The van der Waals surface area contributed by atoms with E-state index in [0.717, 1.165) is 32.4 Å². The maximum atomic E-state index is 6.74. The monoisotopic (exact) mass is 290 g/mol. The van der Waals surface area contributed by atoms with Gasteiger partial charge in [0.15, 0.2) is 0 Å². The van der Waals surface area contributed by atoms with Crippen LogP contribution in [-0.4, -0.2) is 29.6 Å². The zero-order valence-corrected chi connectivity index (χ0v) is 14.9. The summed E-state index contributed by atoms with van der Waals surface area (Å²) in [6.45, 7) is 15.5. The van der Waals surface area contributed by atoms with Crippen molar-refractivity contribution < 1.29 is 0 Å². The van der Waals surface area contributed by atoms with Gasteiger partial charge in [0.1, 0.15) is 0 Å². The van der Waals surface area contributed by atoms with E-state index in [1.54, 1.807) is 0 Å². The molecule has 0 bridgehead atoms. The minimum atomic E-state index is 0.111. The summed E-state index contributed by atoms with van der Waals surface area (Å²) in [7, 11) is 0. The number of aryl methyl sites for hydroxylation is 2. The molecule has 0 aliphatic carbocycles. The Morgan fingerprint density at radius 2 is 1.62 bits per heavy atom. The Labute approximate surface area is 131 Å². The van der Waals surface area contributed by atoms with Crippen LogP contribution in [0.2, 0.25) is 0 Å². The predicted molar refractivity (Wildman–Crippen MR) is 93.8 cm³/mol. The molecule has 0 saturated heterocycles. The first-order chi connectivity index (χ1) is 9.94. The van der Waals surface area contributed by atoms with E-state index < -0.39 is 0 Å². The van der Waals surface area contributed by atoms with Crippen molar-refractivity contribution >= 4 is 0 Å². The summed E-state index contributed by atoms with van der Waals surface area (Å²) in [4.78, 5) is 2.56. The Balaban J connectivity index is 3.06. The lowest BCUT2D eigenvalue weighted by Crippen LogP contribution is -2.60. The van der Waals surface area contributed by atoms with E-state index in [9.17, 15) is 0 Å². The lowest BCUT2D eigenvalue weighted by molar-refractivity contribution is 0.0628. The van der Waals surface area contributed by atoms with Crippen LogP contribution in [0.3, 0.4) is 0 Å². The first-order valence-corrected chi connectivity index (χ1v) is 8.51. The molecule has 2 heteroatoms. The molecular weight excluding hydrogens is 256 g/mol. The van der Waals surface area contributed by atoms with Gasteiger partial charge < -0.3 is 5.73 Å². The largest absolute Gasteiger partial charge is 0.326 e. The van der Waals surface area contributed by atoms with Crippen molar-refractivity contribution in [2.45, 2.75) is 72.4 Å². The molecule has 1 aromatic rings. The third-order valence-corrected chi connectivity index (χ3v) is 5.25. The summed E-state index contributed by atoms with van der Waals surface area (Å²) in [5, 5.41) is 0. The Hall–Kier alpha value is -0.860. The fourth-order valence-corrected chi connectivity index (χ4v) is 3.76. The lowest BCUT2D eigenvalue weighted by atomic mass is 9.79. The molecule has 1 unspecified atom stereocenters. The highest BCUT2D eigenvalue weighted by atomic mass is 15.2. The summed E-state index contributed by atoms with van der Waals surface area (Å²) in [5.74, 6) is 0. The van der Waals surface area contributed by atoms with E-state index in [4.69, 9.17) is 5.73 Å². The summed E-state index contributed by atoms with van der Waals surface area (Å²) >= 11 is 0. The second kappa shape index (κ2) is 7.95. The van der Waals surface area contributed by atoms with Gasteiger partial charge >= 0.3 is 0 Å². The highest BCUT2D eigenvalue weighted by molar-refractivity contribution is 5.31. The fraction of sp³-hybridized carbons (Fsp3) is 0.684. The topological polar surface area (TPSA) is 29.3 Å². The van der Waals surface area contributed by atoms with E-state index in [1.165, 1.54) is 16.7 Å². The van der Waals surface area contributed by atoms with Gasteiger partial charge in [-0.25, -0.2) is 0 Å². The number of nitrogens with zero attached hydrogens (tertiary/aromatic N) is 1. The van der Waals surface area contributed by atoms with Crippen LogP contribution in [0.15, 0.2) is 18.2 Å². The molecular formula is C19H34N2. The molecule has 0 radical (unpaired) electrons. The van der Waals surface area contributed by atoms with Gasteiger partial charge in [-0.05, 0) is 57.3 Å². The van der Waals surface area contributed by atoms with Crippen LogP contribution < -0.4 is 5.73 Å². The van der Waals surface area contributed by atoms with Gasteiger partial charge in [0.2, 0.25) is 0 Å². The molecule has 1 aromatic carbocycles. The van der Waals surface area contributed by atoms with Crippen molar-refractivity contribution in [3.05, 3.63) is 34.9 Å². The zero-order chi connectivity index (χ0) is 16.0. The molecule has 120 valence electrons. The van der Waals surface area contributed by atoms with Gasteiger partial charge in [0, 0.05) is 11.6 Å². The minimum absolute atomic E-state index is 0.111. The van der Waals surface area contributed by atoms with Crippen molar-refractivity contribution in [3.63, 3.8) is 0 Å². The smallest absolute Gasteiger partial charge is 0.0358 e. The number of likely N-dealkylation sites (N-methyl/N-ethyl adjacent to an activating group) is 1. The Morgan fingerprint density at radius 1 is 1.05 bits per heavy atom. The molecule has 0 aliphatic rings. The second-order valence-electron chi connectivity index (χ2n) is 6.22. The molecule has 1 atom stereocenters. The van der Waals surface area contributed by atoms with Gasteiger partial charge in [-0.3, -0.25) is 4.90 Å². The molecule has 0 aliphatic heterocycles. The average molecular weight is 290 g/mol. The van der Waals surface area contributed by atoms with E-state index in [1.807, 2.05) is 0 Å². The van der Waals surface area contributed by atoms with E-state index in [0.29, 0.717) is 0 Å². The number of benzene rings is 1. The SMILES string of the molecule is CCN(CC)C(CC)(CC)C(N)Cc1cc(C)ccc1C. The van der Waals surface area contributed by atoms with E-state index in [2.05, 4.69) is 64.6 Å². The van der Waals surface area contributed by atoms with Gasteiger partial charge in [-0.1, -0.05) is 51.5 Å². The van der Waals surface area contributed by atoms with E-state index >= 15 is 0 Å². The van der Waals surface area contributed by atoms with Crippen LogP contribution in [0, 0.1) is 13.8 Å². The van der Waals surface area contributed by atoms with Gasteiger partial charge in [0.05, 0.1) is 0 Å². The molecule has 0 aromatic heterocycles. The fourth-order valence-electron chi connectivity index (χ4n) is 3.76. The standard InChI is InChI=1S/C19H34N2/c1-7-19(8-2,21(9-3)10-4)18(20)14-17-13-15(5)11-12-16(17)6/h11-13,18H,7-10,14,20H2,1-6H3.